The van der Waals surface area contributed by atoms with Crippen LogP contribution in [0.1, 0.15) is 113 Å². The van der Waals surface area contributed by atoms with Gasteiger partial charge < -0.3 is 15.2 Å². The van der Waals surface area contributed by atoms with Crippen LogP contribution in [0.2, 0.25) is 0 Å². The molecule has 6 atom stereocenters. The quantitative estimate of drug-likeness (QED) is 0.210. The van der Waals surface area contributed by atoms with Crippen LogP contribution in [0.5, 0.6) is 0 Å². The van der Waals surface area contributed by atoms with Crippen molar-refractivity contribution < 1.29 is 24.2 Å². The van der Waals surface area contributed by atoms with E-state index >= 15 is 0 Å². The van der Waals surface area contributed by atoms with E-state index in [-0.39, 0.29) is 17.4 Å². The first kappa shape index (κ1) is 32.2. The summed E-state index contributed by atoms with van der Waals surface area (Å²) >= 11 is 1.50. The highest BCUT2D eigenvalue weighted by atomic mass is 32.1. The molecule has 2 fully saturated rings. The van der Waals surface area contributed by atoms with E-state index in [0.29, 0.717) is 47.4 Å². The number of carbonyl (C=O) groups excluding carboxylic acids is 2. The van der Waals surface area contributed by atoms with Crippen molar-refractivity contribution in [2.24, 2.45) is 23.2 Å². The number of nitrogens with zero attached hydrogens (tertiary/aromatic N) is 1. The smallest absolute Gasteiger partial charge is 0.450 e. The molecule has 2 saturated carbocycles. The highest BCUT2D eigenvalue weighted by Gasteiger charge is 2.58. The van der Waals surface area contributed by atoms with Crippen molar-refractivity contribution >= 4 is 34.3 Å². The minimum Gasteiger partial charge on any atom is -0.450 e. The number of amides is 1. The summed E-state index contributed by atoms with van der Waals surface area (Å²) in [4.78, 5) is 41.1. The summed E-state index contributed by atoms with van der Waals surface area (Å²) in [6.45, 7) is 8.27. The Morgan fingerprint density at radius 2 is 2.00 bits per heavy atom. The second-order valence-corrected chi connectivity index (χ2v) is 13.9. The van der Waals surface area contributed by atoms with Gasteiger partial charge in [0.2, 0.25) is 5.91 Å². The molecule has 5 rings (SSSR count). The van der Waals surface area contributed by atoms with Crippen molar-refractivity contribution in [2.45, 2.75) is 117 Å². The molecule has 1 aromatic heterocycles. The number of anilines is 1. The van der Waals surface area contributed by atoms with E-state index in [1.54, 1.807) is 6.20 Å². The number of ketones is 1. The van der Waals surface area contributed by atoms with E-state index in [9.17, 15) is 14.4 Å². The summed E-state index contributed by atoms with van der Waals surface area (Å²) in [7, 11) is 0. The SMILES string of the molecule is CCCCCC(CC)OC(=O)O.Cc1cnc(NC(=O)CC[C@@H]2CC(=O)[C@@]3(C)CCC4c5ccccc5CCC4C23)s1. The molecule has 1 amide bonds. The third-order valence-electron chi connectivity index (χ3n) is 9.94. The third kappa shape index (κ3) is 7.61. The number of fused-ring (bicyclic) bond motifs is 5. The minimum absolute atomic E-state index is 0.0201. The lowest BCUT2D eigenvalue weighted by molar-refractivity contribution is -0.129. The Bertz CT molecular complexity index is 1230. The predicted molar refractivity (Wildman–Crippen MR) is 167 cm³/mol. The number of hydrogen-bond acceptors (Lipinski definition) is 6. The van der Waals surface area contributed by atoms with Gasteiger partial charge in [0.25, 0.3) is 0 Å². The fourth-order valence-electron chi connectivity index (χ4n) is 7.87. The Labute approximate surface area is 254 Å². The largest absolute Gasteiger partial charge is 0.506 e. The third-order valence-corrected chi connectivity index (χ3v) is 10.8. The van der Waals surface area contributed by atoms with Crippen molar-refractivity contribution in [2.75, 3.05) is 5.32 Å². The van der Waals surface area contributed by atoms with Gasteiger partial charge in [0.1, 0.15) is 11.9 Å². The standard InChI is InChI=1S/C25H30N2O2S.C9H18O3/c1-15-14-26-24(30-15)27-22(29)10-8-17-13-21(28)25(2)12-11-19-18-6-4-3-5-16(18)7-9-20(19)23(17)25;1-3-5-6-7-8(4-2)12-9(10)11/h3-6,14,17,19-20,23H,7-13H2,1-2H3,(H,26,27,29);8H,3-7H2,1-2H3,(H,10,11)/t17-,19?,20?,23?,25-;/m1./s1. The molecule has 0 bridgehead atoms. The van der Waals surface area contributed by atoms with Gasteiger partial charge in [-0.3, -0.25) is 9.59 Å². The van der Waals surface area contributed by atoms with E-state index in [1.807, 2.05) is 13.8 Å². The van der Waals surface area contributed by atoms with Gasteiger partial charge in [-0.05, 0) is 93.1 Å². The van der Waals surface area contributed by atoms with Gasteiger partial charge in [0, 0.05) is 29.3 Å². The van der Waals surface area contributed by atoms with Crippen LogP contribution in [-0.4, -0.2) is 34.0 Å². The van der Waals surface area contributed by atoms with Gasteiger partial charge in [0.15, 0.2) is 5.13 Å². The van der Waals surface area contributed by atoms with Crippen LogP contribution in [0.4, 0.5) is 9.93 Å². The monoisotopic (exact) mass is 596 g/mol. The summed E-state index contributed by atoms with van der Waals surface area (Å²) in [5, 5.41) is 12.0. The van der Waals surface area contributed by atoms with Crippen molar-refractivity contribution in [3.8, 4) is 0 Å². The van der Waals surface area contributed by atoms with Crippen LogP contribution in [-0.2, 0) is 20.7 Å². The second kappa shape index (κ2) is 14.6. The van der Waals surface area contributed by atoms with Gasteiger partial charge in [-0.15, -0.1) is 11.3 Å². The lowest BCUT2D eigenvalue weighted by Crippen LogP contribution is -2.44. The lowest BCUT2D eigenvalue weighted by Gasteiger charge is -2.50. The number of hydrogen-bond donors (Lipinski definition) is 2. The van der Waals surface area contributed by atoms with Crippen molar-refractivity contribution in [3.63, 3.8) is 0 Å². The zero-order chi connectivity index (χ0) is 30.3. The van der Waals surface area contributed by atoms with Gasteiger partial charge in [-0.25, -0.2) is 9.78 Å². The molecule has 0 aliphatic heterocycles. The number of carboxylic acid groups (broad SMARTS) is 1. The summed E-state index contributed by atoms with van der Waals surface area (Å²) in [5.41, 5.74) is 2.83. The molecule has 2 aromatic rings. The summed E-state index contributed by atoms with van der Waals surface area (Å²) in [5.74, 6) is 2.34. The van der Waals surface area contributed by atoms with E-state index in [4.69, 9.17) is 5.11 Å². The first-order valence-corrected chi connectivity index (χ1v) is 16.7. The number of thiazole rings is 1. The van der Waals surface area contributed by atoms with Gasteiger partial charge in [-0.1, -0.05) is 57.9 Å². The maximum Gasteiger partial charge on any atom is 0.506 e. The first-order valence-electron chi connectivity index (χ1n) is 15.9. The Balaban J connectivity index is 0.000000288. The molecule has 1 aromatic carbocycles. The predicted octanol–water partition coefficient (Wildman–Crippen LogP) is 8.56. The Morgan fingerprint density at radius 3 is 2.69 bits per heavy atom. The van der Waals surface area contributed by atoms with E-state index in [2.05, 4.69) is 53.2 Å². The Hall–Kier alpha value is -2.74. The number of unbranched alkanes of at least 4 members (excludes halogenated alkanes) is 2. The molecule has 7 nitrogen and oxygen atoms in total. The molecule has 3 aliphatic carbocycles. The van der Waals surface area contributed by atoms with Crippen LogP contribution in [0.15, 0.2) is 30.5 Å². The van der Waals surface area contributed by atoms with Gasteiger partial charge >= 0.3 is 6.16 Å². The van der Waals surface area contributed by atoms with E-state index < -0.39 is 6.16 Å². The zero-order valence-corrected chi connectivity index (χ0v) is 26.5. The molecule has 230 valence electrons. The normalized spacial score (nSPS) is 26.6. The molecular formula is C34H48N2O5S. The molecule has 0 saturated heterocycles. The highest BCUT2D eigenvalue weighted by Crippen LogP contribution is 2.62. The minimum atomic E-state index is -1.15. The molecule has 0 radical (unpaired) electrons. The molecule has 4 unspecified atom stereocenters. The number of Topliss-reactive ketones (excluding diaryl/α,β-unsaturated/α-hetero) is 1. The maximum atomic E-state index is 13.1. The average Bonchev–Trinajstić information content (AvgIpc) is 3.50. The highest BCUT2D eigenvalue weighted by molar-refractivity contribution is 7.15. The number of nitrogens with one attached hydrogen (secondary N) is 1. The molecule has 0 spiro atoms. The molecule has 42 heavy (non-hydrogen) atoms. The molecule has 8 heteroatoms. The number of rotatable bonds is 10. The number of benzene rings is 1. The molecular weight excluding hydrogens is 548 g/mol. The Morgan fingerprint density at radius 1 is 1.21 bits per heavy atom. The lowest BCUT2D eigenvalue weighted by atomic mass is 9.54. The van der Waals surface area contributed by atoms with Crippen LogP contribution in [0, 0.1) is 30.1 Å². The van der Waals surface area contributed by atoms with Crippen LogP contribution < -0.4 is 5.32 Å². The van der Waals surface area contributed by atoms with E-state index in [1.165, 1.54) is 28.9 Å². The van der Waals surface area contributed by atoms with Crippen molar-refractivity contribution in [3.05, 3.63) is 46.5 Å². The second-order valence-electron chi connectivity index (χ2n) is 12.6. The molecule has 3 aliphatic rings. The molecule has 1 heterocycles. The number of ether oxygens (including phenoxy) is 1. The van der Waals surface area contributed by atoms with Crippen molar-refractivity contribution in [1.82, 2.24) is 4.98 Å². The maximum absolute atomic E-state index is 13.1. The van der Waals surface area contributed by atoms with Crippen LogP contribution in [0.3, 0.4) is 0 Å². The number of carbonyl (C=O) groups is 3. The van der Waals surface area contributed by atoms with Crippen LogP contribution >= 0.6 is 11.3 Å². The first-order chi connectivity index (χ1) is 20.2. The van der Waals surface area contributed by atoms with Gasteiger partial charge in [0.05, 0.1) is 0 Å². The fraction of sp³-hybridized carbons (Fsp3) is 0.647. The van der Waals surface area contributed by atoms with Crippen LogP contribution in [0.25, 0.3) is 0 Å². The fourth-order valence-corrected chi connectivity index (χ4v) is 8.55. The average molecular weight is 597 g/mol. The summed E-state index contributed by atoms with van der Waals surface area (Å²) in [6.07, 6.45) is 11.9. The summed E-state index contributed by atoms with van der Waals surface area (Å²) in [6, 6.07) is 8.90. The zero-order valence-electron chi connectivity index (χ0n) is 25.7. The van der Waals surface area contributed by atoms with E-state index in [0.717, 1.165) is 62.7 Å². The number of aromatic nitrogens is 1. The molecule has 2 N–H and O–H groups in total. The van der Waals surface area contributed by atoms with Crippen molar-refractivity contribution in [1.29, 1.82) is 0 Å². The Kier molecular flexibility index (Phi) is 11.2. The number of aryl methyl sites for hydroxylation is 2. The summed E-state index contributed by atoms with van der Waals surface area (Å²) < 4.78 is 4.66. The topological polar surface area (TPSA) is 106 Å². The van der Waals surface area contributed by atoms with Gasteiger partial charge in [-0.2, -0.15) is 0 Å².